The summed E-state index contributed by atoms with van der Waals surface area (Å²) in [6, 6.07) is 7.58. The number of nitrogens with one attached hydrogen (secondary N) is 1. The quantitative estimate of drug-likeness (QED) is 0.204. The second-order valence-corrected chi connectivity index (χ2v) is 8.23. The number of esters is 1. The molecule has 0 aromatic heterocycles. The molecule has 0 aliphatic carbocycles. The highest BCUT2D eigenvalue weighted by atomic mass is 16.5. The highest BCUT2D eigenvalue weighted by Crippen LogP contribution is 2.12. The van der Waals surface area contributed by atoms with Crippen LogP contribution in [-0.4, -0.2) is 25.6 Å². The number of rotatable bonds is 19. The number of benzene rings is 1. The molecule has 0 spiro atoms. The molecule has 0 unspecified atom stereocenters. The lowest BCUT2D eigenvalue weighted by atomic mass is 10.1. The van der Waals surface area contributed by atoms with Gasteiger partial charge in [-0.3, -0.25) is 9.59 Å². The Kier molecular flexibility index (Phi) is 16.3. The molecule has 1 N–H and O–H groups in total. The average Bonchev–Trinajstić information content (AvgIpc) is 2.78. The van der Waals surface area contributed by atoms with Gasteiger partial charge in [-0.15, -0.1) is 0 Å². The molecule has 0 fully saturated rings. The van der Waals surface area contributed by atoms with Crippen molar-refractivity contribution in [3.05, 3.63) is 29.8 Å². The Morgan fingerprint density at radius 3 is 1.94 bits per heavy atom. The Labute approximate surface area is 189 Å². The molecule has 1 amide bonds. The smallest absolute Gasteiger partial charge is 0.305 e. The summed E-state index contributed by atoms with van der Waals surface area (Å²) < 4.78 is 10.4. The maximum atomic E-state index is 11.9. The van der Waals surface area contributed by atoms with E-state index < -0.39 is 0 Å². The van der Waals surface area contributed by atoms with Gasteiger partial charge < -0.3 is 14.8 Å². The normalized spacial score (nSPS) is 10.6. The molecule has 1 aromatic rings. The maximum Gasteiger partial charge on any atom is 0.305 e. The molecule has 0 atom stereocenters. The van der Waals surface area contributed by atoms with Crippen LogP contribution in [0.2, 0.25) is 0 Å². The molecule has 31 heavy (non-hydrogen) atoms. The predicted molar refractivity (Wildman–Crippen MR) is 126 cm³/mol. The lowest BCUT2D eigenvalue weighted by Crippen LogP contribution is -2.22. The van der Waals surface area contributed by atoms with Crippen LogP contribution < -0.4 is 10.1 Å². The van der Waals surface area contributed by atoms with Crippen LogP contribution in [0.3, 0.4) is 0 Å². The van der Waals surface area contributed by atoms with Crippen LogP contribution in [0, 0.1) is 0 Å². The Morgan fingerprint density at radius 2 is 1.35 bits per heavy atom. The van der Waals surface area contributed by atoms with E-state index in [4.69, 9.17) is 9.47 Å². The van der Waals surface area contributed by atoms with Crippen molar-refractivity contribution in [3.63, 3.8) is 0 Å². The minimum absolute atomic E-state index is 0.0472. The molecular formula is C26H43NO4. The zero-order valence-electron chi connectivity index (χ0n) is 19.8. The van der Waals surface area contributed by atoms with Gasteiger partial charge in [0, 0.05) is 19.4 Å². The molecule has 0 bridgehead atoms. The first-order chi connectivity index (χ1) is 15.2. The molecule has 1 aromatic carbocycles. The minimum Gasteiger partial charge on any atom is -0.497 e. The highest BCUT2D eigenvalue weighted by Gasteiger charge is 2.06. The third-order valence-corrected chi connectivity index (χ3v) is 5.44. The second kappa shape index (κ2) is 18.7. The fourth-order valence-electron chi connectivity index (χ4n) is 3.45. The first-order valence-electron chi connectivity index (χ1n) is 12.2. The zero-order chi connectivity index (χ0) is 22.6. The SMILES string of the molecule is CCCCCCCCCCCCCOC(=O)CCCC(=O)NCc1ccc(OC)cc1. The van der Waals surface area contributed by atoms with Crippen LogP contribution in [0.25, 0.3) is 0 Å². The number of amides is 1. The van der Waals surface area contributed by atoms with Crippen molar-refractivity contribution in [2.24, 2.45) is 0 Å². The fraction of sp³-hybridized carbons (Fsp3) is 0.692. The van der Waals surface area contributed by atoms with E-state index in [9.17, 15) is 9.59 Å². The maximum absolute atomic E-state index is 11.9. The van der Waals surface area contributed by atoms with Crippen LogP contribution in [-0.2, 0) is 20.9 Å². The van der Waals surface area contributed by atoms with Crippen LogP contribution in [0.15, 0.2) is 24.3 Å². The molecule has 1 rings (SSSR count). The van der Waals surface area contributed by atoms with Crippen LogP contribution >= 0.6 is 0 Å². The Bertz CT molecular complexity index is 586. The van der Waals surface area contributed by atoms with Gasteiger partial charge in [0.25, 0.3) is 0 Å². The molecule has 5 nitrogen and oxygen atoms in total. The standard InChI is InChI=1S/C26H43NO4/c1-3-4-5-6-7-8-9-10-11-12-13-21-31-26(29)16-14-15-25(28)27-22-23-17-19-24(30-2)20-18-23/h17-20H,3-16,21-22H2,1-2H3,(H,27,28). The van der Waals surface area contributed by atoms with Gasteiger partial charge in [-0.1, -0.05) is 83.3 Å². The third-order valence-electron chi connectivity index (χ3n) is 5.44. The number of hydrogen-bond donors (Lipinski definition) is 1. The van der Waals surface area contributed by atoms with E-state index in [1.807, 2.05) is 24.3 Å². The van der Waals surface area contributed by atoms with Gasteiger partial charge in [-0.25, -0.2) is 0 Å². The van der Waals surface area contributed by atoms with Crippen molar-refractivity contribution in [3.8, 4) is 5.75 Å². The largest absolute Gasteiger partial charge is 0.497 e. The number of methoxy groups -OCH3 is 1. The third kappa shape index (κ3) is 15.4. The summed E-state index contributed by atoms with van der Waals surface area (Å²) in [5.41, 5.74) is 1.01. The van der Waals surface area contributed by atoms with Gasteiger partial charge >= 0.3 is 5.97 Å². The van der Waals surface area contributed by atoms with Gasteiger partial charge in [0.15, 0.2) is 0 Å². The topological polar surface area (TPSA) is 64.6 Å². The Balaban J connectivity index is 1.90. The van der Waals surface area contributed by atoms with E-state index in [1.165, 1.54) is 57.8 Å². The predicted octanol–water partition coefficient (Wildman–Crippen LogP) is 6.34. The molecule has 0 aliphatic rings. The van der Waals surface area contributed by atoms with Crippen molar-refractivity contribution in [1.82, 2.24) is 5.32 Å². The number of unbranched alkanes of at least 4 members (excludes halogenated alkanes) is 10. The number of hydrogen-bond acceptors (Lipinski definition) is 4. The van der Waals surface area contributed by atoms with Crippen LogP contribution in [0.5, 0.6) is 5.75 Å². The van der Waals surface area contributed by atoms with Crippen LogP contribution in [0.4, 0.5) is 0 Å². The molecule has 176 valence electrons. The van der Waals surface area contributed by atoms with Crippen molar-refractivity contribution in [1.29, 1.82) is 0 Å². The van der Waals surface area contributed by atoms with Crippen molar-refractivity contribution in [2.45, 2.75) is 103 Å². The summed E-state index contributed by atoms with van der Waals surface area (Å²) in [6.45, 7) is 3.23. The Hall–Kier alpha value is -2.04. The van der Waals surface area contributed by atoms with Gasteiger partial charge in [-0.2, -0.15) is 0 Å². The van der Waals surface area contributed by atoms with E-state index in [1.54, 1.807) is 7.11 Å². The summed E-state index contributed by atoms with van der Waals surface area (Å²) >= 11 is 0. The second-order valence-electron chi connectivity index (χ2n) is 8.23. The molecule has 0 saturated heterocycles. The van der Waals surface area contributed by atoms with E-state index in [-0.39, 0.29) is 11.9 Å². The summed E-state index contributed by atoms with van der Waals surface area (Å²) in [6.07, 6.45) is 15.2. The summed E-state index contributed by atoms with van der Waals surface area (Å²) in [5.74, 6) is 0.547. The van der Waals surface area contributed by atoms with E-state index in [0.717, 1.165) is 24.2 Å². The fourth-order valence-corrected chi connectivity index (χ4v) is 3.45. The van der Waals surface area contributed by atoms with Gasteiger partial charge in [0.2, 0.25) is 5.91 Å². The monoisotopic (exact) mass is 433 g/mol. The number of carbonyl (C=O) groups is 2. The van der Waals surface area contributed by atoms with Gasteiger partial charge in [-0.05, 0) is 30.5 Å². The molecule has 0 saturated carbocycles. The van der Waals surface area contributed by atoms with Crippen molar-refractivity contribution < 1.29 is 19.1 Å². The zero-order valence-corrected chi connectivity index (χ0v) is 19.8. The van der Waals surface area contributed by atoms with Gasteiger partial charge in [0.1, 0.15) is 5.75 Å². The average molecular weight is 434 g/mol. The minimum atomic E-state index is -0.199. The molecule has 0 aliphatic heterocycles. The molecule has 5 heteroatoms. The number of carbonyl (C=O) groups excluding carboxylic acids is 2. The van der Waals surface area contributed by atoms with E-state index in [2.05, 4.69) is 12.2 Å². The highest BCUT2D eigenvalue weighted by molar-refractivity contribution is 5.77. The molecule has 0 heterocycles. The van der Waals surface area contributed by atoms with Crippen molar-refractivity contribution in [2.75, 3.05) is 13.7 Å². The van der Waals surface area contributed by atoms with Gasteiger partial charge in [0.05, 0.1) is 13.7 Å². The lowest BCUT2D eigenvalue weighted by molar-refractivity contribution is -0.143. The van der Waals surface area contributed by atoms with Crippen LogP contribution in [0.1, 0.15) is 102 Å². The summed E-state index contributed by atoms with van der Waals surface area (Å²) in [4.78, 5) is 23.7. The molecular weight excluding hydrogens is 390 g/mol. The summed E-state index contributed by atoms with van der Waals surface area (Å²) in [5, 5.41) is 2.87. The Morgan fingerprint density at radius 1 is 0.774 bits per heavy atom. The first-order valence-corrected chi connectivity index (χ1v) is 12.2. The number of ether oxygens (including phenoxy) is 2. The van der Waals surface area contributed by atoms with E-state index >= 15 is 0 Å². The lowest BCUT2D eigenvalue weighted by Gasteiger charge is -2.07. The molecule has 0 radical (unpaired) electrons. The summed E-state index contributed by atoms with van der Waals surface area (Å²) in [7, 11) is 1.62. The first kappa shape index (κ1) is 27.0. The van der Waals surface area contributed by atoms with Crippen molar-refractivity contribution >= 4 is 11.9 Å². The van der Waals surface area contributed by atoms with E-state index in [0.29, 0.717) is 32.4 Å².